The summed E-state index contributed by atoms with van der Waals surface area (Å²) in [5, 5.41) is 4.91. The van der Waals surface area contributed by atoms with Gasteiger partial charge < -0.3 is 5.32 Å². The molecule has 128 valence electrons. The molecule has 3 rings (SSSR count). The summed E-state index contributed by atoms with van der Waals surface area (Å²) in [5.74, 6) is -0.191. The second-order valence-corrected chi connectivity index (χ2v) is 9.59. The normalized spacial score (nSPS) is 24.4. The average Bonchev–Trinajstić information content (AvgIpc) is 3.11. The standard InChI is InChI=1S/C16H24N2O3S2/c19-16(17-14-7-2-1-3-8-14)13-6-4-10-18(12-13)23(20,21)15-9-5-11-22-15/h5,9,11,13-14H,1-4,6-8,10,12H2,(H,17,19)/t13-/m1/s1. The number of hydrogen-bond donors (Lipinski definition) is 1. The zero-order valence-electron chi connectivity index (χ0n) is 13.2. The third kappa shape index (κ3) is 3.95. The largest absolute Gasteiger partial charge is 0.353 e. The molecule has 1 saturated heterocycles. The maximum Gasteiger partial charge on any atom is 0.252 e. The summed E-state index contributed by atoms with van der Waals surface area (Å²) in [6.45, 7) is 0.812. The molecule has 2 fully saturated rings. The van der Waals surface area contributed by atoms with Crippen molar-refractivity contribution >= 4 is 27.3 Å². The first-order chi connectivity index (χ1) is 11.1. The van der Waals surface area contributed by atoms with Crippen LogP contribution < -0.4 is 5.32 Å². The van der Waals surface area contributed by atoms with E-state index in [9.17, 15) is 13.2 Å². The van der Waals surface area contributed by atoms with Gasteiger partial charge in [0.05, 0.1) is 5.92 Å². The molecule has 5 nitrogen and oxygen atoms in total. The van der Waals surface area contributed by atoms with E-state index in [1.54, 1.807) is 17.5 Å². The molecule has 7 heteroatoms. The summed E-state index contributed by atoms with van der Waals surface area (Å²) in [5.41, 5.74) is 0. The first-order valence-corrected chi connectivity index (χ1v) is 10.7. The van der Waals surface area contributed by atoms with Crippen molar-refractivity contribution in [1.29, 1.82) is 0 Å². The lowest BCUT2D eigenvalue weighted by molar-refractivity contribution is -0.127. The number of nitrogens with one attached hydrogen (secondary N) is 1. The van der Waals surface area contributed by atoms with Crippen molar-refractivity contribution in [3.63, 3.8) is 0 Å². The second-order valence-electron chi connectivity index (χ2n) is 6.48. The van der Waals surface area contributed by atoms with E-state index in [-0.39, 0.29) is 17.9 Å². The van der Waals surface area contributed by atoms with E-state index in [0.717, 1.165) is 25.7 Å². The number of piperidine rings is 1. The van der Waals surface area contributed by atoms with E-state index >= 15 is 0 Å². The van der Waals surface area contributed by atoms with Gasteiger partial charge in [-0.2, -0.15) is 4.31 Å². The molecule has 2 heterocycles. The quantitative estimate of drug-likeness (QED) is 0.902. The lowest BCUT2D eigenvalue weighted by Gasteiger charge is -2.32. The Morgan fingerprint density at radius 3 is 2.65 bits per heavy atom. The number of hydrogen-bond acceptors (Lipinski definition) is 4. The Morgan fingerprint density at radius 1 is 1.17 bits per heavy atom. The molecule has 1 aliphatic heterocycles. The van der Waals surface area contributed by atoms with Crippen LogP contribution in [-0.2, 0) is 14.8 Å². The molecule has 0 unspecified atom stereocenters. The Labute approximate surface area is 142 Å². The molecule has 1 atom stereocenters. The van der Waals surface area contributed by atoms with Crippen LogP contribution in [0.5, 0.6) is 0 Å². The van der Waals surface area contributed by atoms with Crippen molar-refractivity contribution in [1.82, 2.24) is 9.62 Å². The molecule has 1 saturated carbocycles. The minimum atomic E-state index is -3.45. The van der Waals surface area contributed by atoms with E-state index in [1.165, 1.54) is 34.9 Å². The molecular formula is C16H24N2O3S2. The van der Waals surface area contributed by atoms with Crippen LogP contribution in [0.15, 0.2) is 21.7 Å². The molecule has 1 N–H and O–H groups in total. The van der Waals surface area contributed by atoms with E-state index in [0.29, 0.717) is 17.3 Å². The van der Waals surface area contributed by atoms with Gasteiger partial charge in [0.1, 0.15) is 4.21 Å². The third-order valence-corrected chi connectivity index (χ3v) is 8.03. The Morgan fingerprint density at radius 2 is 1.96 bits per heavy atom. The monoisotopic (exact) mass is 356 g/mol. The fraction of sp³-hybridized carbons (Fsp3) is 0.688. The van der Waals surface area contributed by atoms with Gasteiger partial charge in [-0.25, -0.2) is 8.42 Å². The summed E-state index contributed by atoms with van der Waals surface area (Å²) < 4.78 is 27.1. The highest BCUT2D eigenvalue weighted by molar-refractivity contribution is 7.91. The third-order valence-electron chi connectivity index (χ3n) is 4.80. The van der Waals surface area contributed by atoms with Crippen LogP contribution in [0.25, 0.3) is 0 Å². The van der Waals surface area contributed by atoms with Crippen LogP contribution in [0.1, 0.15) is 44.9 Å². The minimum Gasteiger partial charge on any atom is -0.353 e. The van der Waals surface area contributed by atoms with Gasteiger partial charge in [-0.15, -0.1) is 11.3 Å². The fourth-order valence-corrected chi connectivity index (χ4v) is 6.15. The molecule has 0 aromatic carbocycles. The molecule has 1 aromatic rings. The summed E-state index contributed by atoms with van der Waals surface area (Å²) >= 11 is 1.23. The maximum atomic E-state index is 12.6. The van der Waals surface area contributed by atoms with Crippen molar-refractivity contribution in [3.05, 3.63) is 17.5 Å². The van der Waals surface area contributed by atoms with Crippen LogP contribution in [-0.4, -0.2) is 37.8 Å². The van der Waals surface area contributed by atoms with Gasteiger partial charge in [0.2, 0.25) is 5.91 Å². The smallest absolute Gasteiger partial charge is 0.252 e. The first kappa shape index (κ1) is 16.9. The van der Waals surface area contributed by atoms with E-state index in [2.05, 4.69) is 5.32 Å². The molecule has 0 radical (unpaired) electrons. The highest BCUT2D eigenvalue weighted by Gasteiger charge is 2.34. The topological polar surface area (TPSA) is 66.5 Å². The molecular weight excluding hydrogens is 332 g/mol. The summed E-state index contributed by atoms with van der Waals surface area (Å²) in [6.07, 6.45) is 7.22. The van der Waals surface area contributed by atoms with E-state index < -0.39 is 10.0 Å². The molecule has 0 bridgehead atoms. The Bertz CT molecular complexity index is 622. The predicted molar refractivity (Wildman–Crippen MR) is 90.8 cm³/mol. The van der Waals surface area contributed by atoms with Crippen LogP contribution in [0.4, 0.5) is 0 Å². The van der Waals surface area contributed by atoms with Crippen molar-refractivity contribution in [2.75, 3.05) is 13.1 Å². The maximum absolute atomic E-state index is 12.6. The van der Waals surface area contributed by atoms with Gasteiger partial charge in [-0.1, -0.05) is 25.3 Å². The minimum absolute atomic E-state index is 0.0305. The van der Waals surface area contributed by atoms with Crippen LogP contribution in [0.2, 0.25) is 0 Å². The van der Waals surface area contributed by atoms with Gasteiger partial charge >= 0.3 is 0 Å². The number of nitrogens with zero attached hydrogens (tertiary/aromatic N) is 1. The highest BCUT2D eigenvalue weighted by Crippen LogP contribution is 2.27. The number of rotatable bonds is 4. The van der Waals surface area contributed by atoms with Gasteiger partial charge in [0.15, 0.2) is 0 Å². The van der Waals surface area contributed by atoms with Crippen molar-refractivity contribution < 1.29 is 13.2 Å². The van der Waals surface area contributed by atoms with E-state index in [4.69, 9.17) is 0 Å². The van der Waals surface area contributed by atoms with Gasteiger partial charge in [0.25, 0.3) is 10.0 Å². The Hall–Kier alpha value is -0.920. The summed E-state index contributed by atoms with van der Waals surface area (Å²) in [7, 11) is -3.45. The summed E-state index contributed by atoms with van der Waals surface area (Å²) in [4.78, 5) is 12.5. The number of thiophene rings is 1. The Kier molecular flexibility index (Phi) is 5.38. The van der Waals surface area contributed by atoms with Crippen molar-refractivity contribution in [3.8, 4) is 0 Å². The van der Waals surface area contributed by atoms with Crippen LogP contribution in [0, 0.1) is 5.92 Å². The van der Waals surface area contributed by atoms with Gasteiger partial charge in [0, 0.05) is 19.1 Å². The molecule has 1 aromatic heterocycles. The van der Waals surface area contributed by atoms with Gasteiger partial charge in [-0.05, 0) is 37.1 Å². The average molecular weight is 357 g/mol. The number of carbonyl (C=O) groups excluding carboxylic acids is 1. The zero-order valence-corrected chi connectivity index (χ0v) is 14.9. The van der Waals surface area contributed by atoms with Crippen molar-refractivity contribution in [2.24, 2.45) is 5.92 Å². The van der Waals surface area contributed by atoms with Crippen LogP contribution >= 0.6 is 11.3 Å². The fourth-order valence-electron chi connectivity index (χ4n) is 3.48. The number of carbonyl (C=O) groups is 1. The number of sulfonamides is 1. The second kappa shape index (κ2) is 7.32. The number of amides is 1. The van der Waals surface area contributed by atoms with Crippen LogP contribution in [0.3, 0.4) is 0 Å². The van der Waals surface area contributed by atoms with Crippen molar-refractivity contribution in [2.45, 2.75) is 55.2 Å². The lowest BCUT2D eigenvalue weighted by Crippen LogP contribution is -2.47. The predicted octanol–water partition coefficient (Wildman–Crippen LogP) is 2.60. The lowest BCUT2D eigenvalue weighted by atomic mass is 9.93. The molecule has 0 spiro atoms. The molecule has 23 heavy (non-hydrogen) atoms. The van der Waals surface area contributed by atoms with Gasteiger partial charge in [-0.3, -0.25) is 4.79 Å². The molecule has 2 aliphatic rings. The zero-order chi connectivity index (χ0) is 16.3. The summed E-state index contributed by atoms with van der Waals surface area (Å²) in [6, 6.07) is 3.65. The first-order valence-electron chi connectivity index (χ1n) is 8.41. The molecule has 1 aliphatic carbocycles. The molecule has 1 amide bonds. The highest BCUT2D eigenvalue weighted by atomic mass is 32.2. The SMILES string of the molecule is O=C(NC1CCCCC1)[C@@H]1CCCN(S(=O)(=O)c2cccs2)C1. The Balaban J connectivity index is 1.62. The van der Waals surface area contributed by atoms with E-state index in [1.807, 2.05) is 0 Å².